The zero-order valence-electron chi connectivity index (χ0n) is 7.77. The van der Waals surface area contributed by atoms with Crippen LogP contribution in [0.15, 0.2) is 0 Å². The summed E-state index contributed by atoms with van der Waals surface area (Å²) in [6.45, 7) is 3.41. The van der Waals surface area contributed by atoms with Crippen LogP contribution in [0.3, 0.4) is 0 Å². The van der Waals surface area contributed by atoms with Crippen LogP contribution in [0.25, 0.3) is 0 Å². The van der Waals surface area contributed by atoms with Gasteiger partial charge in [-0.3, -0.25) is 0 Å². The summed E-state index contributed by atoms with van der Waals surface area (Å²) in [4.78, 5) is 0. The monoisotopic (exact) mass is 180 g/mol. The van der Waals surface area contributed by atoms with Gasteiger partial charge in [-0.15, -0.1) is 0 Å². The standard InChI is InChI=1S/C5H12O2.C3H8O2/c1-2-3-4-5(6)7;1-3(5)2-4/h5-7H,2-4H2,1H3;3-5H,2H2,1H3. The van der Waals surface area contributed by atoms with Crippen molar-refractivity contribution < 1.29 is 20.4 Å². The summed E-state index contributed by atoms with van der Waals surface area (Å²) in [6, 6.07) is 0. The highest BCUT2D eigenvalue weighted by molar-refractivity contribution is 4.36. The molecule has 76 valence electrons. The zero-order chi connectivity index (χ0) is 9.98. The normalized spacial score (nSPS) is 12.2. The van der Waals surface area contributed by atoms with Gasteiger partial charge >= 0.3 is 0 Å². The van der Waals surface area contributed by atoms with Crippen LogP contribution in [0.5, 0.6) is 0 Å². The fraction of sp³-hybridized carbons (Fsp3) is 1.00. The Morgan fingerprint density at radius 1 is 1.17 bits per heavy atom. The van der Waals surface area contributed by atoms with E-state index in [1.165, 1.54) is 6.92 Å². The average molecular weight is 180 g/mol. The van der Waals surface area contributed by atoms with Crippen molar-refractivity contribution in [3.8, 4) is 0 Å². The number of hydrogen-bond acceptors (Lipinski definition) is 4. The highest BCUT2D eigenvalue weighted by Gasteiger charge is 1.92. The van der Waals surface area contributed by atoms with Gasteiger partial charge in [-0.05, 0) is 19.8 Å². The highest BCUT2D eigenvalue weighted by Crippen LogP contribution is 1.95. The van der Waals surface area contributed by atoms with E-state index in [-0.39, 0.29) is 6.61 Å². The molecule has 0 aliphatic heterocycles. The molecule has 0 saturated heterocycles. The minimum absolute atomic E-state index is 0.139. The van der Waals surface area contributed by atoms with Crippen molar-refractivity contribution in [2.45, 2.75) is 45.5 Å². The molecule has 4 nitrogen and oxygen atoms in total. The molecular weight excluding hydrogens is 160 g/mol. The second kappa shape index (κ2) is 10.8. The lowest BCUT2D eigenvalue weighted by Crippen LogP contribution is -2.03. The molecule has 0 radical (unpaired) electrons. The Kier molecular flexibility index (Phi) is 13.0. The molecule has 12 heavy (non-hydrogen) atoms. The lowest BCUT2D eigenvalue weighted by molar-refractivity contribution is -0.0463. The Morgan fingerprint density at radius 3 is 1.67 bits per heavy atom. The average Bonchev–Trinajstić information content (AvgIpc) is 2.02. The molecule has 0 rings (SSSR count). The van der Waals surface area contributed by atoms with E-state index in [4.69, 9.17) is 20.4 Å². The van der Waals surface area contributed by atoms with Gasteiger partial charge in [-0.1, -0.05) is 13.3 Å². The molecule has 0 bridgehead atoms. The van der Waals surface area contributed by atoms with Crippen molar-refractivity contribution in [2.24, 2.45) is 0 Å². The van der Waals surface area contributed by atoms with Crippen molar-refractivity contribution >= 4 is 0 Å². The first kappa shape index (κ1) is 14.4. The lowest BCUT2D eigenvalue weighted by Gasteiger charge is -1.97. The molecule has 0 saturated carbocycles. The van der Waals surface area contributed by atoms with Crippen molar-refractivity contribution in [3.05, 3.63) is 0 Å². The maximum absolute atomic E-state index is 8.24. The van der Waals surface area contributed by atoms with E-state index in [1.807, 2.05) is 6.92 Å². The molecule has 0 aromatic heterocycles. The summed E-state index contributed by atoms with van der Waals surface area (Å²) in [5.41, 5.74) is 0. The van der Waals surface area contributed by atoms with Crippen LogP contribution in [-0.2, 0) is 0 Å². The summed E-state index contributed by atoms with van der Waals surface area (Å²) in [5, 5.41) is 32.5. The van der Waals surface area contributed by atoms with E-state index in [2.05, 4.69) is 0 Å². The Balaban J connectivity index is 0. The topological polar surface area (TPSA) is 80.9 Å². The third kappa shape index (κ3) is 22.5. The molecule has 1 atom stereocenters. The maximum atomic E-state index is 8.24. The van der Waals surface area contributed by atoms with Crippen molar-refractivity contribution in [1.82, 2.24) is 0 Å². The summed E-state index contributed by atoms with van der Waals surface area (Å²) < 4.78 is 0. The van der Waals surface area contributed by atoms with Gasteiger partial charge in [-0.25, -0.2) is 0 Å². The van der Waals surface area contributed by atoms with Crippen LogP contribution in [0.2, 0.25) is 0 Å². The van der Waals surface area contributed by atoms with E-state index >= 15 is 0 Å². The highest BCUT2D eigenvalue weighted by atomic mass is 16.5. The quantitative estimate of drug-likeness (QED) is 0.453. The smallest absolute Gasteiger partial charge is 0.151 e. The zero-order valence-corrected chi connectivity index (χ0v) is 7.77. The molecule has 0 aliphatic carbocycles. The van der Waals surface area contributed by atoms with E-state index < -0.39 is 12.4 Å². The van der Waals surface area contributed by atoms with Gasteiger partial charge in [0.1, 0.15) is 0 Å². The van der Waals surface area contributed by atoms with Crippen molar-refractivity contribution in [2.75, 3.05) is 6.61 Å². The fourth-order valence-electron chi connectivity index (χ4n) is 0.387. The molecule has 0 aliphatic rings. The van der Waals surface area contributed by atoms with Crippen LogP contribution < -0.4 is 0 Å². The first-order valence-electron chi connectivity index (χ1n) is 4.19. The molecule has 0 aromatic carbocycles. The van der Waals surface area contributed by atoms with E-state index in [9.17, 15) is 0 Å². The number of hydrogen-bond donors (Lipinski definition) is 4. The summed E-state index contributed by atoms with van der Waals surface area (Å²) in [6.07, 6.45) is 0.779. The SMILES string of the molecule is CC(O)CO.CCCCC(O)O. The Hall–Kier alpha value is -0.160. The van der Waals surface area contributed by atoms with Gasteiger partial charge in [0.25, 0.3) is 0 Å². The largest absolute Gasteiger partial charge is 0.394 e. The Morgan fingerprint density at radius 2 is 1.58 bits per heavy atom. The Bertz CT molecular complexity index is 73.5. The molecule has 0 heterocycles. The van der Waals surface area contributed by atoms with Gasteiger partial charge < -0.3 is 20.4 Å². The van der Waals surface area contributed by atoms with Gasteiger partial charge in [0, 0.05) is 0 Å². The number of aliphatic hydroxyl groups is 4. The predicted molar refractivity (Wildman–Crippen MR) is 46.5 cm³/mol. The molecule has 0 fully saturated rings. The first-order valence-corrected chi connectivity index (χ1v) is 4.19. The van der Waals surface area contributed by atoms with Crippen LogP contribution in [0.1, 0.15) is 33.1 Å². The maximum Gasteiger partial charge on any atom is 0.151 e. The third-order valence-corrected chi connectivity index (χ3v) is 1.08. The fourth-order valence-corrected chi connectivity index (χ4v) is 0.387. The van der Waals surface area contributed by atoms with Crippen LogP contribution >= 0.6 is 0 Å². The molecular formula is C8H20O4. The van der Waals surface area contributed by atoms with E-state index in [0.29, 0.717) is 6.42 Å². The van der Waals surface area contributed by atoms with Gasteiger partial charge in [0.05, 0.1) is 12.7 Å². The minimum Gasteiger partial charge on any atom is -0.394 e. The van der Waals surface area contributed by atoms with E-state index in [1.54, 1.807) is 0 Å². The van der Waals surface area contributed by atoms with E-state index in [0.717, 1.165) is 12.8 Å². The van der Waals surface area contributed by atoms with Crippen molar-refractivity contribution in [1.29, 1.82) is 0 Å². The molecule has 4 heteroatoms. The Labute approximate surface area is 73.5 Å². The second-order valence-corrected chi connectivity index (χ2v) is 2.65. The number of rotatable bonds is 4. The van der Waals surface area contributed by atoms with Gasteiger partial charge in [0.2, 0.25) is 0 Å². The molecule has 1 unspecified atom stereocenters. The minimum atomic E-state index is -1.10. The summed E-state index contributed by atoms with van der Waals surface area (Å²) in [7, 11) is 0. The predicted octanol–water partition coefficient (Wildman–Crippen LogP) is -0.153. The number of aliphatic hydroxyl groups excluding tert-OH is 3. The first-order chi connectivity index (χ1) is 5.54. The number of unbranched alkanes of at least 4 members (excludes halogenated alkanes) is 1. The summed E-state index contributed by atoms with van der Waals surface area (Å²) >= 11 is 0. The summed E-state index contributed by atoms with van der Waals surface area (Å²) in [5.74, 6) is 0. The van der Waals surface area contributed by atoms with Crippen molar-refractivity contribution in [3.63, 3.8) is 0 Å². The van der Waals surface area contributed by atoms with Crippen LogP contribution in [-0.4, -0.2) is 39.4 Å². The third-order valence-electron chi connectivity index (χ3n) is 1.08. The van der Waals surface area contributed by atoms with Crippen LogP contribution in [0, 0.1) is 0 Å². The van der Waals surface area contributed by atoms with Crippen LogP contribution in [0.4, 0.5) is 0 Å². The molecule has 0 amide bonds. The molecule has 0 spiro atoms. The lowest BCUT2D eigenvalue weighted by atomic mass is 10.2. The van der Waals surface area contributed by atoms with Gasteiger partial charge in [-0.2, -0.15) is 0 Å². The molecule has 0 aromatic rings. The molecule has 4 N–H and O–H groups in total. The van der Waals surface area contributed by atoms with Gasteiger partial charge in [0.15, 0.2) is 6.29 Å². The second-order valence-electron chi connectivity index (χ2n) is 2.65.